The van der Waals surface area contributed by atoms with Crippen molar-refractivity contribution in [2.24, 2.45) is 0 Å². The Morgan fingerprint density at radius 2 is 2.08 bits per heavy atom. The van der Waals surface area contributed by atoms with Gasteiger partial charge in [0.15, 0.2) is 0 Å². The Kier molecular flexibility index (Phi) is 4.26. The van der Waals surface area contributed by atoms with Crippen molar-refractivity contribution in [2.45, 2.75) is 12.7 Å². The standard InChI is InChI=1S/C10H11ClS/c1-2-10(11)12-8-9-6-4-3-5-7-9/h2-7H,8H2,1H3/b10-2+. The summed E-state index contributed by atoms with van der Waals surface area (Å²) in [5.41, 5.74) is 1.31. The summed E-state index contributed by atoms with van der Waals surface area (Å²) in [4.78, 5) is 0. The van der Waals surface area contributed by atoms with E-state index in [1.165, 1.54) is 5.56 Å². The molecule has 0 aromatic heterocycles. The third kappa shape index (κ3) is 3.33. The first-order valence-electron chi connectivity index (χ1n) is 3.81. The van der Waals surface area contributed by atoms with E-state index in [1.54, 1.807) is 11.8 Å². The Morgan fingerprint density at radius 1 is 1.42 bits per heavy atom. The molecule has 0 heterocycles. The molecule has 12 heavy (non-hydrogen) atoms. The van der Waals surface area contributed by atoms with E-state index in [-0.39, 0.29) is 0 Å². The van der Waals surface area contributed by atoms with Gasteiger partial charge in [-0.15, -0.1) is 11.8 Å². The van der Waals surface area contributed by atoms with E-state index in [2.05, 4.69) is 12.1 Å². The molecule has 0 saturated carbocycles. The number of hydrogen-bond acceptors (Lipinski definition) is 1. The van der Waals surface area contributed by atoms with Gasteiger partial charge in [-0.1, -0.05) is 48.0 Å². The summed E-state index contributed by atoms with van der Waals surface area (Å²) in [6.45, 7) is 1.94. The Balaban J connectivity index is 2.44. The molecule has 1 aromatic rings. The van der Waals surface area contributed by atoms with Gasteiger partial charge in [-0.3, -0.25) is 0 Å². The monoisotopic (exact) mass is 198 g/mol. The Labute approximate surface area is 82.6 Å². The normalized spacial score (nSPS) is 11.7. The van der Waals surface area contributed by atoms with Gasteiger partial charge in [-0.05, 0) is 12.5 Å². The second-order valence-corrected chi connectivity index (χ2v) is 4.02. The first-order valence-corrected chi connectivity index (χ1v) is 5.18. The molecule has 0 radical (unpaired) electrons. The quantitative estimate of drug-likeness (QED) is 0.707. The van der Waals surface area contributed by atoms with Crippen molar-refractivity contribution < 1.29 is 0 Å². The highest BCUT2D eigenvalue weighted by molar-refractivity contribution is 8.03. The minimum atomic E-state index is 0.860. The topological polar surface area (TPSA) is 0 Å². The highest BCUT2D eigenvalue weighted by atomic mass is 35.5. The zero-order valence-corrected chi connectivity index (χ0v) is 8.53. The maximum atomic E-state index is 5.84. The van der Waals surface area contributed by atoms with Crippen molar-refractivity contribution in [3.63, 3.8) is 0 Å². The molecule has 0 aliphatic heterocycles. The van der Waals surface area contributed by atoms with Crippen LogP contribution in [-0.2, 0) is 5.75 Å². The average molecular weight is 199 g/mol. The van der Waals surface area contributed by atoms with Crippen LogP contribution >= 0.6 is 23.4 Å². The Morgan fingerprint density at radius 3 is 2.67 bits per heavy atom. The molecule has 2 heteroatoms. The van der Waals surface area contributed by atoms with Gasteiger partial charge in [0.1, 0.15) is 0 Å². The summed E-state index contributed by atoms with van der Waals surface area (Å²) in [7, 11) is 0. The molecule has 0 fully saturated rings. The third-order valence-corrected chi connectivity index (χ3v) is 2.98. The first kappa shape index (κ1) is 9.69. The van der Waals surface area contributed by atoms with Crippen LogP contribution in [0.15, 0.2) is 40.8 Å². The van der Waals surface area contributed by atoms with Gasteiger partial charge < -0.3 is 0 Å². The van der Waals surface area contributed by atoms with Gasteiger partial charge in [0, 0.05) is 5.75 Å². The smallest absolute Gasteiger partial charge is 0.0695 e. The third-order valence-electron chi connectivity index (χ3n) is 1.45. The van der Waals surface area contributed by atoms with Gasteiger partial charge >= 0.3 is 0 Å². The second-order valence-electron chi connectivity index (χ2n) is 2.37. The van der Waals surface area contributed by atoms with Crippen molar-refractivity contribution in [3.05, 3.63) is 46.3 Å². The Bertz CT molecular complexity index is 254. The van der Waals surface area contributed by atoms with Crippen molar-refractivity contribution in [3.8, 4) is 0 Å². The van der Waals surface area contributed by atoms with Crippen LogP contribution in [0.1, 0.15) is 12.5 Å². The van der Waals surface area contributed by atoms with Gasteiger partial charge in [0.2, 0.25) is 0 Å². The van der Waals surface area contributed by atoms with Gasteiger partial charge in [-0.2, -0.15) is 0 Å². The zero-order chi connectivity index (χ0) is 8.81. The molecule has 0 aliphatic rings. The molecule has 64 valence electrons. The van der Waals surface area contributed by atoms with Gasteiger partial charge in [-0.25, -0.2) is 0 Å². The lowest BCUT2D eigenvalue weighted by atomic mass is 10.2. The fraction of sp³-hybridized carbons (Fsp3) is 0.200. The Hall–Kier alpha value is -0.400. The highest BCUT2D eigenvalue weighted by Crippen LogP contribution is 2.23. The SMILES string of the molecule is C/C=C(\Cl)SCc1ccccc1. The van der Waals surface area contributed by atoms with Crippen molar-refractivity contribution in [1.82, 2.24) is 0 Å². The van der Waals surface area contributed by atoms with E-state index in [1.807, 2.05) is 31.2 Å². The lowest BCUT2D eigenvalue weighted by Gasteiger charge is -1.98. The molecule has 0 aliphatic carbocycles. The minimum absolute atomic E-state index is 0.860. The van der Waals surface area contributed by atoms with Crippen molar-refractivity contribution >= 4 is 23.4 Å². The first-order chi connectivity index (χ1) is 5.83. The largest absolute Gasteiger partial charge is 0.110 e. The zero-order valence-electron chi connectivity index (χ0n) is 6.96. The van der Waals surface area contributed by atoms with Crippen LogP contribution < -0.4 is 0 Å². The molecular formula is C10H11ClS. The van der Waals surface area contributed by atoms with E-state index in [9.17, 15) is 0 Å². The van der Waals surface area contributed by atoms with Crippen LogP contribution in [0.5, 0.6) is 0 Å². The molecule has 0 bridgehead atoms. The van der Waals surface area contributed by atoms with Crippen LogP contribution in [0, 0.1) is 0 Å². The molecule has 0 saturated heterocycles. The number of hydrogen-bond donors (Lipinski definition) is 0. The summed E-state index contributed by atoms with van der Waals surface area (Å²) < 4.78 is 0.860. The predicted molar refractivity (Wildman–Crippen MR) is 57.3 cm³/mol. The van der Waals surface area contributed by atoms with E-state index in [4.69, 9.17) is 11.6 Å². The van der Waals surface area contributed by atoms with Crippen molar-refractivity contribution in [1.29, 1.82) is 0 Å². The van der Waals surface area contributed by atoms with Gasteiger partial charge in [0.05, 0.1) is 4.36 Å². The van der Waals surface area contributed by atoms with Crippen LogP contribution in [0.25, 0.3) is 0 Å². The molecule has 0 nitrogen and oxygen atoms in total. The molecule has 0 unspecified atom stereocenters. The second kappa shape index (κ2) is 5.28. The van der Waals surface area contributed by atoms with E-state index in [0.29, 0.717) is 0 Å². The molecule has 0 atom stereocenters. The lowest BCUT2D eigenvalue weighted by Crippen LogP contribution is -1.76. The summed E-state index contributed by atoms with van der Waals surface area (Å²) in [6.07, 6.45) is 1.91. The summed E-state index contributed by atoms with van der Waals surface area (Å²) >= 11 is 7.50. The number of halogens is 1. The highest BCUT2D eigenvalue weighted by Gasteiger charge is 1.93. The van der Waals surface area contributed by atoms with Crippen molar-refractivity contribution in [2.75, 3.05) is 0 Å². The fourth-order valence-electron chi connectivity index (χ4n) is 0.810. The van der Waals surface area contributed by atoms with E-state index >= 15 is 0 Å². The molecular weight excluding hydrogens is 188 g/mol. The van der Waals surface area contributed by atoms with Crippen LogP contribution in [0.4, 0.5) is 0 Å². The van der Waals surface area contributed by atoms with E-state index < -0.39 is 0 Å². The maximum absolute atomic E-state index is 5.84. The molecule has 1 rings (SSSR count). The fourth-order valence-corrected chi connectivity index (χ4v) is 1.64. The van der Waals surface area contributed by atoms with E-state index in [0.717, 1.165) is 10.1 Å². The summed E-state index contributed by atoms with van der Waals surface area (Å²) in [5, 5.41) is 0. The molecule has 0 amide bonds. The van der Waals surface area contributed by atoms with Gasteiger partial charge in [0.25, 0.3) is 0 Å². The van der Waals surface area contributed by atoms with Crippen LogP contribution in [-0.4, -0.2) is 0 Å². The number of thioether (sulfide) groups is 1. The predicted octanol–water partition coefficient (Wildman–Crippen LogP) is 4.02. The molecule has 0 spiro atoms. The maximum Gasteiger partial charge on any atom is 0.0695 e. The molecule has 0 N–H and O–H groups in total. The summed E-state index contributed by atoms with van der Waals surface area (Å²) in [5.74, 6) is 0.948. The lowest BCUT2D eigenvalue weighted by molar-refractivity contribution is 1.42. The van der Waals surface area contributed by atoms with Crippen LogP contribution in [0.2, 0.25) is 0 Å². The van der Waals surface area contributed by atoms with Crippen LogP contribution in [0.3, 0.4) is 0 Å². The summed E-state index contributed by atoms with van der Waals surface area (Å²) in [6, 6.07) is 10.3. The molecule has 1 aromatic carbocycles. The minimum Gasteiger partial charge on any atom is -0.110 e. The number of allylic oxidation sites excluding steroid dienone is 1. The number of benzene rings is 1. The number of rotatable bonds is 3. The average Bonchev–Trinajstić information content (AvgIpc) is 2.16.